The van der Waals surface area contributed by atoms with Crippen molar-refractivity contribution in [1.82, 2.24) is 0 Å². The predicted octanol–water partition coefficient (Wildman–Crippen LogP) is 2.33. The minimum Gasteiger partial charge on any atom is -0.508 e. The molecule has 0 spiro atoms. The van der Waals surface area contributed by atoms with Crippen molar-refractivity contribution in [3.05, 3.63) is 29.6 Å². The molecule has 1 aromatic carbocycles. The number of hydrogen-bond donors (Lipinski definition) is 2. The molecule has 76 valence electrons. The lowest BCUT2D eigenvalue weighted by Gasteiger charge is -2.12. The van der Waals surface area contributed by atoms with E-state index in [2.05, 4.69) is 0 Å². The average Bonchev–Trinajstić information content (AvgIpc) is 2.93. The van der Waals surface area contributed by atoms with Crippen LogP contribution in [0.15, 0.2) is 18.2 Å². The van der Waals surface area contributed by atoms with Gasteiger partial charge in [0.25, 0.3) is 0 Å². The Morgan fingerprint density at radius 2 is 2.21 bits per heavy atom. The van der Waals surface area contributed by atoms with Gasteiger partial charge < -0.3 is 10.8 Å². The molecular weight excluding hydrogens is 181 g/mol. The van der Waals surface area contributed by atoms with Crippen LogP contribution >= 0.6 is 0 Å². The van der Waals surface area contributed by atoms with Crippen molar-refractivity contribution in [3.63, 3.8) is 0 Å². The number of aromatic hydroxyl groups is 1. The maximum Gasteiger partial charge on any atom is 0.123 e. The van der Waals surface area contributed by atoms with E-state index < -0.39 is 0 Å². The normalized spacial score (nSPS) is 18.1. The minimum atomic E-state index is -0.343. The molecule has 0 radical (unpaired) electrons. The van der Waals surface area contributed by atoms with Crippen LogP contribution in [0.3, 0.4) is 0 Å². The molecule has 1 aromatic rings. The predicted molar refractivity (Wildman–Crippen MR) is 52.3 cm³/mol. The van der Waals surface area contributed by atoms with Gasteiger partial charge in [-0.15, -0.1) is 0 Å². The van der Waals surface area contributed by atoms with Crippen LogP contribution in [0.4, 0.5) is 4.39 Å². The molecule has 0 bridgehead atoms. The van der Waals surface area contributed by atoms with Crippen molar-refractivity contribution in [3.8, 4) is 5.75 Å². The third-order valence-electron chi connectivity index (χ3n) is 2.67. The fourth-order valence-electron chi connectivity index (χ4n) is 1.66. The standard InChI is InChI=1S/C11H14FNO/c12-8-3-4-11(14)9(6-8)10(13)5-7-1-2-7/h3-4,6-7,10,14H,1-2,5,13H2. The molecule has 3 N–H and O–H groups in total. The number of rotatable bonds is 3. The van der Waals surface area contributed by atoms with Gasteiger partial charge in [0.1, 0.15) is 11.6 Å². The summed E-state index contributed by atoms with van der Waals surface area (Å²) in [6.45, 7) is 0. The Hall–Kier alpha value is -1.09. The third-order valence-corrected chi connectivity index (χ3v) is 2.67. The monoisotopic (exact) mass is 195 g/mol. The summed E-state index contributed by atoms with van der Waals surface area (Å²) in [4.78, 5) is 0. The highest BCUT2D eigenvalue weighted by Gasteiger charge is 2.25. The number of nitrogens with two attached hydrogens (primary N) is 1. The first kappa shape index (κ1) is 9.46. The fourth-order valence-corrected chi connectivity index (χ4v) is 1.66. The van der Waals surface area contributed by atoms with Crippen molar-refractivity contribution in [2.75, 3.05) is 0 Å². The van der Waals surface area contributed by atoms with Crippen LogP contribution in [-0.2, 0) is 0 Å². The lowest BCUT2D eigenvalue weighted by atomic mass is 10.0. The van der Waals surface area contributed by atoms with Gasteiger partial charge in [-0.1, -0.05) is 12.8 Å². The Morgan fingerprint density at radius 1 is 1.50 bits per heavy atom. The largest absolute Gasteiger partial charge is 0.508 e. The Balaban J connectivity index is 2.15. The Kier molecular flexibility index (Phi) is 2.42. The Bertz CT molecular complexity index is 336. The van der Waals surface area contributed by atoms with Crippen LogP contribution in [0.25, 0.3) is 0 Å². The summed E-state index contributed by atoms with van der Waals surface area (Å²) in [5, 5.41) is 9.49. The lowest BCUT2D eigenvalue weighted by molar-refractivity contribution is 0.452. The van der Waals surface area contributed by atoms with Crippen LogP contribution in [0.2, 0.25) is 0 Å². The summed E-state index contributed by atoms with van der Waals surface area (Å²) in [6, 6.07) is 3.68. The molecule has 1 unspecified atom stereocenters. The molecule has 0 aliphatic heterocycles. The molecule has 1 fully saturated rings. The summed E-state index contributed by atoms with van der Waals surface area (Å²) in [6.07, 6.45) is 3.27. The minimum absolute atomic E-state index is 0.0968. The summed E-state index contributed by atoms with van der Waals surface area (Å²) >= 11 is 0. The summed E-state index contributed by atoms with van der Waals surface area (Å²) in [5.74, 6) is 0.427. The van der Waals surface area contributed by atoms with Gasteiger partial charge in [-0.25, -0.2) is 4.39 Å². The Labute approximate surface area is 82.5 Å². The van der Waals surface area contributed by atoms with E-state index in [1.165, 1.54) is 31.0 Å². The third kappa shape index (κ3) is 2.04. The molecule has 1 saturated carbocycles. The molecule has 14 heavy (non-hydrogen) atoms. The molecule has 1 aliphatic rings. The SMILES string of the molecule is NC(CC1CC1)c1cc(F)ccc1O. The van der Waals surface area contributed by atoms with Gasteiger partial charge in [0.15, 0.2) is 0 Å². The highest BCUT2D eigenvalue weighted by atomic mass is 19.1. The van der Waals surface area contributed by atoms with Gasteiger partial charge in [-0.3, -0.25) is 0 Å². The van der Waals surface area contributed by atoms with Crippen molar-refractivity contribution in [2.24, 2.45) is 11.7 Å². The highest BCUT2D eigenvalue weighted by Crippen LogP contribution is 2.38. The fraction of sp³-hybridized carbons (Fsp3) is 0.455. The highest BCUT2D eigenvalue weighted by molar-refractivity contribution is 5.35. The van der Waals surface area contributed by atoms with E-state index in [9.17, 15) is 9.50 Å². The first-order valence-corrected chi connectivity index (χ1v) is 4.91. The Morgan fingerprint density at radius 3 is 2.86 bits per heavy atom. The van der Waals surface area contributed by atoms with E-state index in [4.69, 9.17) is 5.73 Å². The zero-order valence-electron chi connectivity index (χ0n) is 7.91. The molecule has 1 aliphatic carbocycles. The van der Waals surface area contributed by atoms with Gasteiger partial charge in [-0.2, -0.15) is 0 Å². The maximum atomic E-state index is 12.9. The van der Waals surface area contributed by atoms with Crippen LogP contribution in [0.5, 0.6) is 5.75 Å². The van der Waals surface area contributed by atoms with E-state index in [0.29, 0.717) is 11.5 Å². The number of phenolic OH excluding ortho intramolecular Hbond substituents is 1. The molecular formula is C11H14FNO. The molecule has 2 nitrogen and oxygen atoms in total. The molecule has 0 aromatic heterocycles. The zero-order chi connectivity index (χ0) is 10.1. The van der Waals surface area contributed by atoms with Crippen LogP contribution in [0.1, 0.15) is 30.9 Å². The zero-order valence-corrected chi connectivity index (χ0v) is 7.91. The summed E-state index contributed by atoms with van der Waals surface area (Å²) < 4.78 is 12.9. The van der Waals surface area contributed by atoms with Crippen LogP contribution < -0.4 is 5.73 Å². The van der Waals surface area contributed by atoms with Crippen molar-refractivity contribution < 1.29 is 9.50 Å². The number of phenols is 1. The van der Waals surface area contributed by atoms with Gasteiger partial charge in [0.2, 0.25) is 0 Å². The number of halogens is 1. The molecule has 2 rings (SSSR count). The van der Waals surface area contributed by atoms with Crippen molar-refractivity contribution in [2.45, 2.75) is 25.3 Å². The molecule has 3 heteroatoms. The second-order valence-corrected chi connectivity index (χ2v) is 3.99. The first-order chi connectivity index (χ1) is 6.66. The van der Waals surface area contributed by atoms with Gasteiger partial charge >= 0.3 is 0 Å². The van der Waals surface area contributed by atoms with E-state index in [1.807, 2.05) is 0 Å². The molecule has 0 heterocycles. The van der Waals surface area contributed by atoms with Crippen LogP contribution in [0, 0.1) is 11.7 Å². The molecule has 1 atom stereocenters. The average molecular weight is 195 g/mol. The van der Waals surface area contributed by atoms with Crippen molar-refractivity contribution >= 4 is 0 Å². The number of hydrogen-bond acceptors (Lipinski definition) is 2. The molecule has 0 saturated heterocycles. The molecule has 0 amide bonds. The van der Waals surface area contributed by atoms with Gasteiger partial charge in [-0.05, 0) is 30.5 Å². The smallest absolute Gasteiger partial charge is 0.123 e. The maximum absolute atomic E-state index is 12.9. The quantitative estimate of drug-likeness (QED) is 0.777. The topological polar surface area (TPSA) is 46.2 Å². The summed E-state index contributed by atoms with van der Waals surface area (Å²) in [7, 11) is 0. The van der Waals surface area contributed by atoms with Crippen molar-refractivity contribution in [1.29, 1.82) is 0 Å². The number of benzene rings is 1. The van der Waals surface area contributed by atoms with Gasteiger partial charge in [0.05, 0.1) is 0 Å². The van der Waals surface area contributed by atoms with Gasteiger partial charge in [0, 0.05) is 11.6 Å². The van der Waals surface area contributed by atoms with E-state index in [1.54, 1.807) is 0 Å². The second-order valence-electron chi connectivity index (χ2n) is 3.99. The van der Waals surface area contributed by atoms with E-state index >= 15 is 0 Å². The van der Waals surface area contributed by atoms with E-state index in [0.717, 1.165) is 6.42 Å². The second kappa shape index (κ2) is 3.58. The van der Waals surface area contributed by atoms with E-state index in [-0.39, 0.29) is 17.6 Å². The lowest BCUT2D eigenvalue weighted by Crippen LogP contribution is -2.11. The first-order valence-electron chi connectivity index (χ1n) is 4.91. The summed E-state index contributed by atoms with van der Waals surface area (Å²) in [5.41, 5.74) is 6.40. The van der Waals surface area contributed by atoms with Crippen LogP contribution in [-0.4, -0.2) is 5.11 Å².